The number of nitrogens with two attached hydrogens (primary N) is 1. The van der Waals surface area contributed by atoms with Crippen molar-refractivity contribution in [2.24, 2.45) is 5.73 Å². The van der Waals surface area contributed by atoms with Crippen molar-refractivity contribution in [3.05, 3.63) is 47.4 Å². The standard InChI is InChI=1S/C19H24N2O4/c1-23-16-7-6-13(18(9-16)25-15-4-2-3-5-15)11-21-19(22)14-8-17(10-20)24-12-14/h6-9,12,15H,2-5,10-11,20H2,1H3,(H,21,22). The third-order valence-corrected chi connectivity index (χ3v) is 4.43. The summed E-state index contributed by atoms with van der Waals surface area (Å²) >= 11 is 0. The smallest absolute Gasteiger partial charge is 0.254 e. The molecule has 0 bridgehead atoms. The van der Waals surface area contributed by atoms with Crippen molar-refractivity contribution in [2.45, 2.75) is 44.9 Å². The Labute approximate surface area is 147 Å². The monoisotopic (exact) mass is 344 g/mol. The maximum atomic E-state index is 12.2. The zero-order valence-electron chi connectivity index (χ0n) is 14.4. The molecule has 0 radical (unpaired) electrons. The number of ether oxygens (including phenoxy) is 2. The van der Waals surface area contributed by atoms with Crippen LogP contribution >= 0.6 is 0 Å². The molecule has 3 rings (SSSR count). The minimum absolute atomic E-state index is 0.203. The number of carbonyl (C=O) groups excluding carboxylic acids is 1. The molecule has 0 aliphatic heterocycles. The van der Waals surface area contributed by atoms with Crippen molar-refractivity contribution in [3.8, 4) is 11.5 Å². The molecule has 1 amide bonds. The van der Waals surface area contributed by atoms with Gasteiger partial charge in [0.15, 0.2) is 0 Å². The average molecular weight is 344 g/mol. The van der Waals surface area contributed by atoms with Gasteiger partial charge in [-0.25, -0.2) is 0 Å². The van der Waals surface area contributed by atoms with Crippen molar-refractivity contribution < 1.29 is 18.7 Å². The van der Waals surface area contributed by atoms with Crippen LogP contribution in [0.2, 0.25) is 0 Å². The number of furan rings is 1. The van der Waals surface area contributed by atoms with Crippen LogP contribution in [0, 0.1) is 0 Å². The minimum atomic E-state index is -0.203. The molecule has 25 heavy (non-hydrogen) atoms. The van der Waals surface area contributed by atoms with E-state index in [1.807, 2.05) is 18.2 Å². The second-order valence-corrected chi connectivity index (χ2v) is 6.19. The van der Waals surface area contributed by atoms with Crippen molar-refractivity contribution >= 4 is 5.91 Å². The number of carbonyl (C=O) groups is 1. The van der Waals surface area contributed by atoms with Crippen LogP contribution < -0.4 is 20.5 Å². The topological polar surface area (TPSA) is 86.7 Å². The average Bonchev–Trinajstić information content (AvgIpc) is 3.31. The highest BCUT2D eigenvalue weighted by atomic mass is 16.5. The minimum Gasteiger partial charge on any atom is -0.497 e. The highest BCUT2D eigenvalue weighted by molar-refractivity contribution is 5.93. The number of methoxy groups -OCH3 is 1. The third kappa shape index (κ3) is 4.33. The summed E-state index contributed by atoms with van der Waals surface area (Å²) in [7, 11) is 1.63. The Morgan fingerprint density at radius 1 is 1.32 bits per heavy atom. The molecule has 0 unspecified atom stereocenters. The Hall–Kier alpha value is -2.47. The van der Waals surface area contributed by atoms with Crippen molar-refractivity contribution in [2.75, 3.05) is 7.11 Å². The number of hydrogen-bond acceptors (Lipinski definition) is 5. The van der Waals surface area contributed by atoms with Crippen LogP contribution in [0.3, 0.4) is 0 Å². The summed E-state index contributed by atoms with van der Waals surface area (Å²) in [6.45, 7) is 0.638. The lowest BCUT2D eigenvalue weighted by atomic mass is 10.1. The quantitative estimate of drug-likeness (QED) is 0.806. The van der Waals surface area contributed by atoms with Gasteiger partial charge in [0, 0.05) is 18.2 Å². The van der Waals surface area contributed by atoms with Crippen LogP contribution in [0.25, 0.3) is 0 Å². The first-order valence-electron chi connectivity index (χ1n) is 8.59. The molecule has 0 spiro atoms. The highest BCUT2D eigenvalue weighted by Gasteiger charge is 2.19. The van der Waals surface area contributed by atoms with E-state index in [0.29, 0.717) is 17.9 Å². The lowest BCUT2D eigenvalue weighted by Gasteiger charge is -2.17. The lowest BCUT2D eigenvalue weighted by molar-refractivity contribution is 0.0949. The number of amides is 1. The van der Waals surface area contributed by atoms with Crippen LogP contribution in [0.1, 0.15) is 47.4 Å². The number of rotatable bonds is 7. The van der Waals surface area contributed by atoms with Crippen LogP contribution in [0.5, 0.6) is 11.5 Å². The molecular weight excluding hydrogens is 320 g/mol. The summed E-state index contributed by atoms with van der Waals surface area (Å²) in [6, 6.07) is 7.32. The second-order valence-electron chi connectivity index (χ2n) is 6.19. The van der Waals surface area contributed by atoms with Crippen LogP contribution in [-0.4, -0.2) is 19.1 Å². The first-order valence-corrected chi connectivity index (χ1v) is 8.59. The number of benzene rings is 1. The van der Waals surface area contributed by atoms with Gasteiger partial charge in [0.25, 0.3) is 5.91 Å². The Bertz CT molecular complexity index is 720. The Kier molecular flexibility index (Phi) is 5.60. The van der Waals surface area contributed by atoms with Gasteiger partial charge in [-0.1, -0.05) is 0 Å². The first-order chi connectivity index (χ1) is 12.2. The third-order valence-electron chi connectivity index (χ3n) is 4.43. The lowest BCUT2D eigenvalue weighted by Crippen LogP contribution is -2.23. The number of nitrogens with one attached hydrogen (secondary N) is 1. The van der Waals surface area contributed by atoms with Gasteiger partial charge in [-0.15, -0.1) is 0 Å². The molecule has 0 atom stereocenters. The summed E-state index contributed by atoms with van der Waals surface area (Å²) in [5.74, 6) is 1.89. The molecule has 1 aliphatic carbocycles. The molecule has 1 fully saturated rings. The maximum absolute atomic E-state index is 12.2. The predicted molar refractivity (Wildman–Crippen MR) is 93.6 cm³/mol. The van der Waals surface area contributed by atoms with Crippen molar-refractivity contribution in [1.29, 1.82) is 0 Å². The van der Waals surface area contributed by atoms with Gasteiger partial charge in [-0.05, 0) is 43.9 Å². The molecule has 1 aliphatic rings. The fourth-order valence-corrected chi connectivity index (χ4v) is 2.99. The Balaban J connectivity index is 1.68. The van der Waals surface area contributed by atoms with Crippen LogP contribution in [0.15, 0.2) is 34.9 Å². The summed E-state index contributed by atoms with van der Waals surface area (Å²) in [5.41, 5.74) is 6.88. The first kappa shape index (κ1) is 17.4. The summed E-state index contributed by atoms with van der Waals surface area (Å²) in [5, 5.41) is 2.89. The molecule has 1 aromatic heterocycles. The second kappa shape index (κ2) is 8.07. The maximum Gasteiger partial charge on any atom is 0.254 e. The normalized spacial score (nSPS) is 14.5. The summed E-state index contributed by atoms with van der Waals surface area (Å²) < 4.78 is 16.6. The van der Waals surface area contributed by atoms with Gasteiger partial charge in [0.1, 0.15) is 23.5 Å². The van der Waals surface area contributed by atoms with E-state index in [2.05, 4.69) is 5.32 Å². The molecule has 3 N–H and O–H groups in total. The fourth-order valence-electron chi connectivity index (χ4n) is 2.99. The molecule has 2 aromatic rings. The van der Waals surface area contributed by atoms with Crippen molar-refractivity contribution in [1.82, 2.24) is 5.32 Å². The molecule has 1 saturated carbocycles. The van der Waals surface area contributed by atoms with E-state index in [1.54, 1.807) is 13.2 Å². The zero-order valence-corrected chi connectivity index (χ0v) is 14.4. The van der Waals surface area contributed by atoms with Crippen molar-refractivity contribution in [3.63, 3.8) is 0 Å². The highest BCUT2D eigenvalue weighted by Crippen LogP contribution is 2.30. The van der Waals surface area contributed by atoms with Gasteiger partial charge in [0.05, 0.1) is 25.3 Å². The van der Waals surface area contributed by atoms with E-state index in [-0.39, 0.29) is 18.6 Å². The van der Waals surface area contributed by atoms with E-state index in [1.165, 1.54) is 19.1 Å². The zero-order chi connectivity index (χ0) is 17.6. The van der Waals surface area contributed by atoms with E-state index in [0.717, 1.165) is 29.9 Å². The summed E-state index contributed by atoms with van der Waals surface area (Å²) in [4.78, 5) is 12.2. The van der Waals surface area contributed by atoms with E-state index in [4.69, 9.17) is 19.6 Å². The Morgan fingerprint density at radius 3 is 2.80 bits per heavy atom. The van der Waals surface area contributed by atoms with Gasteiger partial charge in [-0.3, -0.25) is 4.79 Å². The van der Waals surface area contributed by atoms with E-state index in [9.17, 15) is 4.79 Å². The largest absolute Gasteiger partial charge is 0.497 e. The molecular formula is C19H24N2O4. The molecule has 6 heteroatoms. The van der Waals surface area contributed by atoms with E-state index < -0.39 is 0 Å². The van der Waals surface area contributed by atoms with Crippen LogP contribution in [0.4, 0.5) is 0 Å². The molecule has 1 heterocycles. The van der Waals surface area contributed by atoms with Gasteiger partial charge in [0.2, 0.25) is 0 Å². The van der Waals surface area contributed by atoms with Gasteiger partial charge in [-0.2, -0.15) is 0 Å². The molecule has 0 saturated heterocycles. The van der Waals surface area contributed by atoms with Gasteiger partial charge >= 0.3 is 0 Å². The Morgan fingerprint density at radius 2 is 2.12 bits per heavy atom. The fraction of sp³-hybridized carbons (Fsp3) is 0.421. The van der Waals surface area contributed by atoms with Crippen LogP contribution in [-0.2, 0) is 13.1 Å². The summed E-state index contributed by atoms with van der Waals surface area (Å²) in [6.07, 6.45) is 6.19. The molecule has 6 nitrogen and oxygen atoms in total. The SMILES string of the molecule is COc1ccc(CNC(=O)c2coc(CN)c2)c(OC2CCCC2)c1. The van der Waals surface area contributed by atoms with Gasteiger partial charge < -0.3 is 24.9 Å². The molecule has 134 valence electrons. The number of hydrogen-bond donors (Lipinski definition) is 2. The predicted octanol–water partition coefficient (Wildman–Crippen LogP) is 3.00. The van der Waals surface area contributed by atoms with E-state index >= 15 is 0 Å². The molecule has 1 aromatic carbocycles.